The highest BCUT2D eigenvalue weighted by atomic mass is 16.5. The molecule has 1 saturated heterocycles. The van der Waals surface area contributed by atoms with Crippen molar-refractivity contribution in [1.82, 2.24) is 10.6 Å². The molecule has 6 heteroatoms. The second-order valence-corrected chi connectivity index (χ2v) is 5.93. The third-order valence-corrected chi connectivity index (χ3v) is 4.06. The van der Waals surface area contributed by atoms with Crippen molar-refractivity contribution in [3.63, 3.8) is 0 Å². The highest BCUT2D eigenvalue weighted by Gasteiger charge is 2.41. The van der Waals surface area contributed by atoms with Crippen molar-refractivity contribution in [3.8, 4) is 0 Å². The van der Waals surface area contributed by atoms with E-state index in [4.69, 9.17) is 4.74 Å². The van der Waals surface area contributed by atoms with Gasteiger partial charge >= 0.3 is 0 Å². The molecule has 1 aliphatic rings. The number of hydrogen-bond donors (Lipinski definition) is 3. The van der Waals surface area contributed by atoms with Gasteiger partial charge in [-0.15, -0.1) is 0 Å². The molecule has 0 aliphatic carbocycles. The number of hydrogen-bond acceptors (Lipinski definition) is 4. The maximum Gasteiger partial charge on any atom is 0.251 e. The molecular formula is C17H25N3O3. The summed E-state index contributed by atoms with van der Waals surface area (Å²) in [7, 11) is 1.60. The van der Waals surface area contributed by atoms with E-state index in [-0.39, 0.29) is 11.8 Å². The van der Waals surface area contributed by atoms with Crippen LogP contribution in [0.15, 0.2) is 24.3 Å². The van der Waals surface area contributed by atoms with Crippen LogP contribution in [-0.2, 0) is 9.53 Å². The number of benzene rings is 1. The Labute approximate surface area is 137 Å². The second-order valence-electron chi connectivity index (χ2n) is 5.93. The van der Waals surface area contributed by atoms with E-state index in [2.05, 4.69) is 16.0 Å². The summed E-state index contributed by atoms with van der Waals surface area (Å²) in [6.07, 6.45) is 1.62. The Morgan fingerprint density at radius 2 is 2.22 bits per heavy atom. The van der Waals surface area contributed by atoms with Crippen molar-refractivity contribution in [2.45, 2.75) is 19.8 Å². The summed E-state index contributed by atoms with van der Waals surface area (Å²) < 4.78 is 5.23. The molecule has 23 heavy (non-hydrogen) atoms. The Bertz CT molecular complexity index is 554. The lowest BCUT2D eigenvalue weighted by atomic mass is 9.87. The summed E-state index contributed by atoms with van der Waals surface area (Å²) in [5, 5.41) is 8.96. The maximum atomic E-state index is 12.6. The van der Waals surface area contributed by atoms with Gasteiger partial charge in [0.05, 0.1) is 12.0 Å². The van der Waals surface area contributed by atoms with Crippen LogP contribution in [0.1, 0.15) is 30.1 Å². The smallest absolute Gasteiger partial charge is 0.251 e. The van der Waals surface area contributed by atoms with Crippen molar-refractivity contribution < 1.29 is 14.3 Å². The molecule has 1 aliphatic heterocycles. The van der Waals surface area contributed by atoms with Crippen molar-refractivity contribution in [2.75, 3.05) is 38.7 Å². The number of carbonyl (C=O) groups excluding carboxylic acids is 2. The van der Waals surface area contributed by atoms with Crippen LogP contribution in [0.5, 0.6) is 0 Å². The van der Waals surface area contributed by atoms with Crippen LogP contribution in [0.2, 0.25) is 0 Å². The van der Waals surface area contributed by atoms with Gasteiger partial charge in [0.2, 0.25) is 5.91 Å². The Kier molecular flexibility index (Phi) is 6.12. The van der Waals surface area contributed by atoms with E-state index in [0.29, 0.717) is 30.9 Å². The van der Waals surface area contributed by atoms with Crippen LogP contribution < -0.4 is 16.0 Å². The van der Waals surface area contributed by atoms with E-state index in [9.17, 15) is 9.59 Å². The van der Waals surface area contributed by atoms with Crippen LogP contribution in [0.25, 0.3) is 0 Å². The zero-order valence-corrected chi connectivity index (χ0v) is 13.8. The molecule has 1 aromatic carbocycles. The molecule has 1 unspecified atom stereocenters. The van der Waals surface area contributed by atoms with E-state index in [1.165, 1.54) is 0 Å². The molecule has 0 spiro atoms. The summed E-state index contributed by atoms with van der Waals surface area (Å²) in [6, 6.07) is 7.00. The first kappa shape index (κ1) is 17.4. The lowest BCUT2D eigenvalue weighted by molar-refractivity contribution is -0.127. The third-order valence-electron chi connectivity index (χ3n) is 4.06. The zero-order chi connectivity index (χ0) is 16.7. The molecular weight excluding hydrogens is 294 g/mol. The van der Waals surface area contributed by atoms with Gasteiger partial charge in [0.25, 0.3) is 5.91 Å². The number of nitrogens with one attached hydrogen (secondary N) is 3. The average Bonchev–Trinajstić information content (AvgIpc) is 3.03. The summed E-state index contributed by atoms with van der Waals surface area (Å²) in [5.74, 6) is -0.201. The molecule has 2 amide bonds. The predicted octanol–water partition coefficient (Wildman–Crippen LogP) is 1.39. The maximum absolute atomic E-state index is 12.6. The van der Waals surface area contributed by atoms with Gasteiger partial charge in [0, 0.05) is 31.5 Å². The molecule has 126 valence electrons. The Balaban J connectivity index is 2.07. The molecule has 2 rings (SSSR count). The minimum Gasteiger partial charge on any atom is -0.384 e. The van der Waals surface area contributed by atoms with E-state index < -0.39 is 5.41 Å². The molecule has 0 bridgehead atoms. The number of rotatable bonds is 7. The van der Waals surface area contributed by atoms with Gasteiger partial charge in [0.15, 0.2) is 0 Å². The highest BCUT2D eigenvalue weighted by molar-refractivity contribution is 5.99. The lowest BCUT2D eigenvalue weighted by Crippen LogP contribution is -2.41. The molecule has 1 heterocycles. The Morgan fingerprint density at radius 3 is 2.87 bits per heavy atom. The van der Waals surface area contributed by atoms with Crippen LogP contribution in [0.3, 0.4) is 0 Å². The van der Waals surface area contributed by atoms with Gasteiger partial charge in [-0.1, -0.05) is 13.0 Å². The summed E-state index contributed by atoms with van der Waals surface area (Å²) in [4.78, 5) is 24.7. The second kappa shape index (κ2) is 8.08. The molecule has 0 saturated carbocycles. The van der Waals surface area contributed by atoms with E-state index >= 15 is 0 Å². The van der Waals surface area contributed by atoms with Gasteiger partial charge in [0.1, 0.15) is 0 Å². The van der Waals surface area contributed by atoms with Gasteiger partial charge < -0.3 is 20.7 Å². The minimum absolute atomic E-state index is 0.0736. The summed E-state index contributed by atoms with van der Waals surface area (Å²) in [6.45, 7) is 4.42. The van der Waals surface area contributed by atoms with E-state index in [1.54, 1.807) is 31.4 Å². The first-order valence-corrected chi connectivity index (χ1v) is 8.00. The summed E-state index contributed by atoms with van der Waals surface area (Å²) >= 11 is 0. The van der Waals surface area contributed by atoms with E-state index in [0.717, 1.165) is 19.4 Å². The Hall–Kier alpha value is -1.92. The normalized spacial score (nSPS) is 20.3. The number of methoxy groups -OCH3 is 1. The third kappa shape index (κ3) is 4.30. The molecule has 1 atom stereocenters. The quantitative estimate of drug-likeness (QED) is 0.709. The molecule has 0 radical (unpaired) electrons. The van der Waals surface area contributed by atoms with Crippen LogP contribution in [0.4, 0.5) is 5.69 Å². The largest absolute Gasteiger partial charge is 0.384 e. The van der Waals surface area contributed by atoms with Crippen molar-refractivity contribution in [3.05, 3.63) is 29.8 Å². The molecule has 1 fully saturated rings. The average molecular weight is 319 g/mol. The van der Waals surface area contributed by atoms with Crippen molar-refractivity contribution in [1.29, 1.82) is 0 Å². The fraction of sp³-hybridized carbons (Fsp3) is 0.529. The molecule has 6 nitrogen and oxygen atoms in total. The number of ether oxygens (including phenoxy) is 1. The standard InChI is InChI=1S/C17H25N3O3/c1-3-8-19-15(21)13-5-4-6-14(10-13)20-16(22)17(12-23-2)7-9-18-11-17/h4-6,10,18H,3,7-9,11-12H2,1-2H3,(H,19,21)(H,20,22). The van der Waals surface area contributed by atoms with Crippen LogP contribution in [0, 0.1) is 5.41 Å². The van der Waals surface area contributed by atoms with Gasteiger partial charge in [-0.05, 0) is 37.6 Å². The fourth-order valence-electron chi connectivity index (χ4n) is 2.75. The Morgan fingerprint density at radius 1 is 1.39 bits per heavy atom. The van der Waals surface area contributed by atoms with Gasteiger partial charge in [-0.25, -0.2) is 0 Å². The minimum atomic E-state index is -0.546. The topological polar surface area (TPSA) is 79.5 Å². The zero-order valence-electron chi connectivity index (χ0n) is 13.8. The molecule has 3 N–H and O–H groups in total. The van der Waals surface area contributed by atoms with Gasteiger partial charge in [-0.2, -0.15) is 0 Å². The van der Waals surface area contributed by atoms with Crippen LogP contribution in [-0.4, -0.2) is 45.2 Å². The lowest BCUT2D eigenvalue weighted by Gasteiger charge is -2.26. The van der Waals surface area contributed by atoms with Crippen LogP contribution >= 0.6 is 0 Å². The first-order valence-electron chi connectivity index (χ1n) is 8.00. The molecule has 1 aromatic rings. The SMILES string of the molecule is CCCNC(=O)c1cccc(NC(=O)C2(COC)CCNC2)c1. The fourth-order valence-corrected chi connectivity index (χ4v) is 2.75. The monoisotopic (exact) mass is 319 g/mol. The van der Waals surface area contributed by atoms with Crippen molar-refractivity contribution in [2.24, 2.45) is 5.41 Å². The highest BCUT2D eigenvalue weighted by Crippen LogP contribution is 2.28. The number of carbonyl (C=O) groups is 2. The summed E-state index contributed by atoms with van der Waals surface area (Å²) in [5.41, 5.74) is 0.623. The number of anilines is 1. The van der Waals surface area contributed by atoms with E-state index in [1.807, 2.05) is 6.92 Å². The molecule has 0 aromatic heterocycles. The number of amides is 2. The predicted molar refractivity (Wildman–Crippen MR) is 89.5 cm³/mol. The first-order chi connectivity index (χ1) is 11.1. The van der Waals surface area contributed by atoms with Crippen molar-refractivity contribution >= 4 is 17.5 Å². The van der Waals surface area contributed by atoms with Gasteiger partial charge in [-0.3, -0.25) is 9.59 Å².